The van der Waals surface area contributed by atoms with Crippen LogP contribution in [0.1, 0.15) is 65.2 Å². The highest BCUT2D eigenvalue weighted by atomic mass is 16.2. The summed E-state index contributed by atoms with van der Waals surface area (Å²) in [5, 5.41) is 3.19. The maximum absolute atomic E-state index is 12.4. The summed E-state index contributed by atoms with van der Waals surface area (Å²) in [5.41, 5.74) is 0.453. The Balaban J connectivity index is 1.59. The molecule has 1 N–H and O–H groups in total. The van der Waals surface area contributed by atoms with E-state index in [4.69, 9.17) is 0 Å². The highest BCUT2D eigenvalue weighted by Gasteiger charge is 2.51. The van der Waals surface area contributed by atoms with E-state index in [1.165, 1.54) is 38.5 Å². The van der Waals surface area contributed by atoms with Crippen LogP contribution >= 0.6 is 0 Å². The van der Waals surface area contributed by atoms with Crippen molar-refractivity contribution in [3.8, 4) is 0 Å². The van der Waals surface area contributed by atoms with Crippen molar-refractivity contribution in [2.45, 2.75) is 71.3 Å². The molecule has 21 heavy (non-hydrogen) atoms. The van der Waals surface area contributed by atoms with Gasteiger partial charge >= 0.3 is 6.03 Å². The lowest BCUT2D eigenvalue weighted by atomic mass is 9.49. The van der Waals surface area contributed by atoms with E-state index in [0.29, 0.717) is 11.5 Å². The van der Waals surface area contributed by atoms with Crippen molar-refractivity contribution in [2.75, 3.05) is 13.6 Å². The number of rotatable bonds is 5. The molecule has 0 aromatic heterocycles. The smallest absolute Gasteiger partial charge is 0.317 e. The summed E-state index contributed by atoms with van der Waals surface area (Å²) < 4.78 is 0. The van der Waals surface area contributed by atoms with Gasteiger partial charge in [-0.15, -0.1) is 0 Å². The largest absolute Gasteiger partial charge is 0.335 e. The Morgan fingerprint density at radius 2 is 1.57 bits per heavy atom. The monoisotopic (exact) mass is 292 g/mol. The Hall–Kier alpha value is -0.730. The molecular formula is C18H32N2O. The molecule has 0 saturated heterocycles. The fraction of sp³-hybridized carbons (Fsp3) is 0.944. The second kappa shape index (κ2) is 5.81. The molecule has 120 valence electrons. The van der Waals surface area contributed by atoms with Gasteiger partial charge in [0, 0.05) is 19.6 Å². The Kier molecular flexibility index (Phi) is 4.20. The van der Waals surface area contributed by atoms with Gasteiger partial charge in [0.2, 0.25) is 0 Å². The SMILES string of the molecule is CCC(CC)NC(=O)N(C)CC12CC3CC(CC(C3)C1)C2. The minimum absolute atomic E-state index is 0.138. The molecule has 2 amide bonds. The first-order valence-electron chi connectivity index (χ1n) is 9.05. The predicted octanol–water partition coefficient (Wildman–Crippen LogP) is 4.03. The third-order valence-electron chi connectivity index (χ3n) is 6.40. The summed E-state index contributed by atoms with van der Waals surface area (Å²) in [6.45, 7) is 5.27. The van der Waals surface area contributed by atoms with Crippen LogP contribution in [0.3, 0.4) is 0 Å². The number of nitrogens with one attached hydrogen (secondary N) is 1. The van der Waals surface area contributed by atoms with Crippen LogP contribution in [0.5, 0.6) is 0 Å². The highest BCUT2D eigenvalue weighted by molar-refractivity contribution is 5.74. The zero-order valence-corrected chi connectivity index (χ0v) is 14.0. The van der Waals surface area contributed by atoms with Crippen LogP contribution in [-0.4, -0.2) is 30.6 Å². The molecule has 4 aliphatic carbocycles. The van der Waals surface area contributed by atoms with E-state index in [9.17, 15) is 4.79 Å². The summed E-state index contributed by atoms with van der Waals surface area (Å²) in [6.07, 6.45) is 10.6. The number of amides is 2. The van der Waals surface area contributed by atoms with Gasteiger partial charge in [-0.1, -0.05) is 13.8 Å². The van der Waals surface area contributed by atoms with Crippen LogP contribution in [0, 0.1) is 23.2 Å². The summed E-state index contributed by atoms with van der Waals surface area (Å²) in [5.74, 6) is 2.89. The Labute approximate surface area is 129 Å². The average Bonchev–Trinajstić information content (AvgIpc) is 2.42. The predicted molar refractivity (Wildman–Crippen MR) is 86.1 cm³/mol. The second-order valence-corrected chi connectivity index (χ2v) is 8.24. The van der Waals surface area contributed by atoms with E-state index in [2.05, 4.69) is 19.2 Å². The molecule has 0 spiro atoms. The third-order valence-corrected chi connectivity index (χ3v) is 6.40. The summed E-state index contributed by atoms with van der Waals surface area (Å²) in [4.78, 5) is 14.4. The van der Waals surface area contributed by atoms with Crippen molar-refractivity contribution < 1.29 is 4.79 Å². The summed E-state index contributed by atoms with van der Waals surface area (Å²) in [7, 11) is 2.00. The first kappa shape index (κ1) is 15.2. The maximum atomic E-state index is 12.4. The van der Waals surface area contributed by atoms with Crippen molar-refractivity contribution in [1.29, 1.82) is 0 Å². The molecule has 3 heteroatoms. The van der Waals surface area contributed by atoms with Gasteiger partial charge in [0.25, 0.3) is 0 Å². The van der Waals surface area contributed by atoms with Gasteiger partial charge in [0.1, 0.15) is 0 Å². The van der Waals surface area contributed by atoms with Gasteiger partial charge in [-0.05, 0) is 74.5 Å². The molecule has 4 bridgehead atoms. The maximum Gasteiger partial charge on any atom is 0.317 e. The molecule has 0 aromatic rings. The molecule has 4 fully saturated rings. The number of hydrogen-bond donors (Lipinski definition) is 1. The highest BCUT2D eigenvalue weighted by Crippen LogP contribution is 2.60. The Bertz CT molecular complexity index is 353. The topological polar surface area (TPSA) is 32.3 Å². The molecule has 4 saturated carbocycles. The van der Waals surface area contributed by atoms with Crippen LogP contribution in [-0.2, 0) is 0 Å². The van der Waals surface area contributed by atoms with E-state index in [0.717, 1.165) is 37.1 Å². The molecule has 3 nitrogen and oxygen atoms in total. The van der Waals surface area contributed by atoms with Crippen LogP contribution in [0.4, 0.5) is 4.79 Å². The standard InChI is InChI=1S/C18H32N2O/c1-4-16(5-2)19-17(21)20(3)12-18-9-13-6-14(10-18)8-15(7-13)11-18/h13-16H,4-12H2,1-3H3,(H,19,21). The molecule has 0 aliphatic heterocycles. The number of nitrogens with zero attached hydrogens (tertiary/aromatic N) is 1. The zero-order valence-electron chi connectivity index (χ0n) is 14.0. The number of carbonyl (C=O) groups excluding carboxylic acids is 1. The lowest BCUT2D eigenvalue weighted by molar-refractivity contribution is -0.0617. The van der Waals surface area contributed by atoms with E-state index >= 15 is 0 Å². The Morgan fingerprint density at radius 3 is 2.00 bits per heavy atom. The van der Waals surface area contributed by atoms with Crippen LogP contribution in [0.2, 0.25) is 0 Å². The van der Waals surface area contributed by atoms with Crippen molar-refractivity contribution >= 4 is 6.03 Å². The minimum Gasteiger partial charge on any atom is -0.335 e. The Morgan fingerprint density at radius 1 is 1.10 bits per heavy atom. The number of hydrogen-bond acceptors (Lipinski definition) is 1. The summed E-state index contributed by atoms with van der Waals surface area (Å²) in [6, 6.07) is 0.468. The van der Waals surface area contributed by atoms with Gasteiger partial charge in [-0.2, -0.15) is 0 Å². The molecule has 0 heterocycles. The molecule has 0 atom stereocenters. The number of carbonyl (C=O) groups is 1. The average molecular weight is 292 g/mol. The molecule has 4 aliphatic rings. The summed E-state index contributed by atoms with van der Waals surface area (Å²) >= 11 is 0. The third kappa shape index (κ3) is 3.07. The lowest BCUT2D eigenvalue weighted by Crippen LogP contribution is -2.53. The van der Waals surface area contributed by atoms with E-state index in [-0.39, 0.29) is 6.03 Å². The molecule has 0 radical (unpaired) electrons. The van der Waals surface area contributed by atoms with E-state index in [1.807, 2.05) is 11.9 Å². The van der Waals surface area contributed by atoms with E-state index < -0.39 is 0 Å². The zero-order chi connectivity index (χ0) is 15.0. The van der Waals surface area contributed by atoms with Crippen molar-refractivity contribution in [2.24, 2.45) is 23.2 Å². The van der Waals surface area contributed by atoms with Crippen molar-refractivity contribution in [3.63, 3.8) is 0 Å². The molecule has 0 unspecified atom stereocenters. The van der Waals surface area contributed by atoms with Crippen LogP contribution in [0.25, 0.3) is 0 Å². The molecular weight excluding hydrogens is 260 g/mol. The number of urea groups is 1. The van der Waals surface area contributed by atoms with Crippen molar-refractivity contribution in [3.05, 3.63) is 0 Å². The van der Waals surface area contributed by atoms with Gasteiger partial charge in [-0.25, -0.2) is 4.79 Å². The lowest BCUT2D eigenvalue weighted by Gasteiger charge is -2.57. The van der Waals surface area contributed by atoms with Gasteiger partial charge in [0.15, 0.2) is 0 Å². The van der Waals surface area contributed by atoms with Crippen LogP contribution < -0.4 is 5.32 Å². The fourth-order valence-electron chi connectivity index (χ4n) is 5.84. The van der Waals surface area contributed by atoms with Gasteiger partial charge < -0.3 is 10.2 Å². The van der Waals surface area contributed by atoms with Gasteiger partial charge in [0.05, 0.1) is 0 Å². The second-order valence-electron chi connectivity index (χ2n) is 8.24. The fourth-order valence-corrected chi connectivity index (χ4v) is 5.84. The molecule has 0 aromatic carbocycles. The quantitative estimate of drug-likeness (QED) is 0.815. The molecule has 4 rings (SSSR count). The first-order chi connectivity index (χ1) is 10.0. The first-order valence-corrected chi connectivity index (χ1v) is 9.05. The normalized spacial score (nSPS) is 37.0. The van der Waals surface area contributed by atoms with E-state index in [1.54, 1.807) is 0 Å². The van der Waals surface area contributed by atoms with Gasteiger partial charge in [-0.3, -0.25) is 0 Å². The minimum atomic E-state index is 0.138. The van der Waals surface area contributed by atoms with Crippen LogP contribution in [0.15, 0.2) is 0 Å². The van der Waals surface area contributed by atoms with Crippen molar-refractivity contribution in [1.82, 2.24) is 10.2 Å².